The van der Waals surface area contributed by atoms with Gasteiger partial charge in [0.1, 0.15) is 0 Å². The van der Waals surface area contributed by atoms with Gasteiger partial charge in [-0.15, -0.1) is 0 Å². The van der Waals surface area contributed by atoms with Crippen molar-refractivity contribution in [2.75, 3.05) is 13.1 Å². The third-order valence-electron chi connectivity index (χ3n) is 3.09. The van der Waals surface area contributed by atoms with Crippen LogP contribution in [0.1, 0.15) is 55.8 Å². The second kappa shape index (κ2) is 9.84. The van der Waals surface area contributed by atoms with Crippen LogP contribution in [0.2, 0.25) is 0 Å². The highest BCUT2D eigenvalue weighted by atomic mass is 16.1. The van der Waals surface area contributed by atoms with Crippen molar-refractivity contribution in [2.24, 2.45) is 0 Å². The van der Waals surface area contributed by atoms with Crippen LogP contribution < -0.4 is 5.32 Å². The molecular formula is C16H25NO. The van der Waals surface area contributed by atoms with Crippen molar-refractivity contribution < 1.29 is 4.79 Å². The number of hydrogen-bond acceptors (Lipinski definition) is 2. The van der Waals surface area contributed by atoms with Gasteiger partial charge in [0, 0.05) is 5.56 Å². The standard InChI is InChI=1S/C16H25NO/c1-2-3-4-5-6-10-13-17-14-16(18)15-11-8-7-9-12-15/h7-9,11-12,17H,2-6,10,13-14H2,1H3. The van der Waals surface area contributed by atoms with Gasteiger partial charge in [0.25, 0.3) is 0 Å². The first kappa shape index (κ1) is 14.9. The molecule has 18 heavy (non-hydrogen) atoms. The molecule has 0 radical (unpaired) electrons. The minimum atomic E-state index is 0.182. The van der Waals surface area contributed by atoms with E-state index >= 15 is 0 Å². The van der Waals surface area contributed by atoms with Crippen LogP contribution in [0.15, 0.2) is 30.3 Å². The molecule has 0 aliphatic rings. The Labute approximate surface area is 111 Å². The normalized spacial score (nSPS) is 10.5. The molecule has 0 aromatic heterocycles. The van der Waals surface area contributed by atoms with Gasteiger partial charge in [-0.2, -0.15) is 0 Å². The zero-order chi connectivity index (χ0) is 13.1. The van der Waals surface area contributed by atoms with Crippen molar-refractivity contribution in [2.45, 2.75) is 45.4 Å². The van der Waals surface area contributed by atoms with Crippen molar-refractivity contribution in [3.63, 3.8) is 0 Å². The zero-order valence-electron chi connectivity index (χ0n) is 11.5. The SMILES string of the molecule is CCCCCCCCNCC(=O)c1ccccc1. The van der Waals surface area contributed by atoms with E-state index in [-0.39, 0.29) is 5.78 Å². The van der Waals surface area contributed by atoms with Crippen molar-refractivity contribution in [3.8, 4) is 0 Å². The first-order valence-corrected chi connectivity index (χ1v) is 7.13. The molecular weight excluding hydrogens is 222 g/mol. The Kier molecular flexibility index (Phi) is 8.15. The monoisotopic (exact) mass is 247 g/mol. The van der Waals surface area contributed by atoms with E-state index in [1.54, 1.807) is 0 Å². The van der Waals surface area contributed by atoms with Crippen molar-refractivity contribution in [3.05, 3.63) is 35.9 Å². The molecule has 0 bridgehead atoms. The maximum absolute atomic E-state index is 11.8. The number of carbonyl (C=O) groups excluding carboxylic acids is 1. The Bertz CT molecular complexity index is 321. The van der Waals surface area contributed by atoms with Crippen LogP contribution in [0.3, 0.4) is 0 Å². The first-order chi connectivity index (χ1) is 8.84. The predicted molar refractivity (Wildman–Crippen MR) is 77.0 cm³/mol. The van der Waals surface area contributed by atoms with Crippen molar-refractivity contribution >= 4 is 5.78 Å². The molecule has 2 nitrogen and oxygen atoms in total. The fourth-order valence-electron chi connectivity index (χ4n) is 1.96. The zero-order valence-corrected chi connectivity index (χ0v) is 11.5. The molecule has 0 fully saturated rings. The van der Waals surface area contributed by atoms with Crippen LogP contribution in [0.25, 0.3) is 0 Å². The third kappa shape index (κ3) is 6.55. The minimum Gasteiger partial charge on any atom is -0.310 e. The van der Waals surface area contributed by atoms with E-state index in [2.05, 4.69) is 12.2 Å². The first-order valence-electron chi connectivity index (χ1n) is 7.13. The minimum absolute atomic E-state index is 0.182. The quantitative estimate of drug-likeness (QED) is 0.503. The Hall–Kier alpha value is -1.15. The summed E-state index contributed by atoms with van der Waals surface area (Å²) in [6.07, 6.45) is 7.75. The van der Waals surface area contributed by atoms with E-state index in [0.29, 0.717) is 6.54 Å². The summed E-state index contributed by atoms with van der Waals surface area (Å²) in [6, 6.07) is 9.48. The summed E-state index contributed by atoms with van der Waals surface area (Å²) in [4.78, 5) is 11.8. The summed E-state index contributed by atoms with van der Waals surface area (Å²) in [5.74, 6) is 0.182. The number of nitrogens with one attached hydrogen (secondary N) is 1. The molecule has 1 rings (SSSR count). The van der Waals surface area contributed by atoms with Crippen LogP contribution in [-0.4, -0.2) is 18.9 Å². The fourth-order valence-corrected chi connectivity index (χ4v) is 1.96. The highest BCUT2D eigenvalue weighted by molar-refractivity contribution is 5.97. The average molecular weight is 247 g/mol. The van der Waals surface area contributed by atoms with E-state index in [1.165, 1.54) is 38.5 Å². The van der Waals surface area contributed by atoms with Gasteiger partial charge in [-0.05, 0) is 13.0 Å². The molecule has 0 saturated heterocycles. The lowest BCUT2D eigenvalue weighted by Crippen LogP contribution is -2.23. The Morgan fingerprint density at radius 1 is 1.00 bits per heavy atom. The second-order valence-corrected chi connectivity index (χ2v) is 4.73. The lowest BCUT2D eigenvalue weighted by molar-refractivity contribution is 0.0991. The molecule has 100 valence electrons. The maximum atomic E-state index is 11.8. The molecule has 0 spiro atoms. The molecule has 1 N–H and O–H groups in total. The third-order valence-corrected chi connectivity index (χ3v) is 3.09. The molecule has 0 aliphatic heterocycles. The van der Waals surface area contributed by atoms with E-state index in [4.69, 9.17) is 0 Å². The van der Waals surface area contributed by atoms with Crippen LogP contribution in [-0.2, 0) is 0 Å². The van der Waals surface area contributed by atoms with Crippen LogP contribution in [0, 0.1) is 0 Å². The fraction of sp³-hybridized carbons (Fsp3) is 0.562. The lowest BCUT2D eigenvalue weighted by Gasteiger charge is -2.04. The predicted octanol–water partition coefficient (Wildman–Crippen LogP) is 3.82. The summed E-state index contributed by atoms with van der Waals surface area (Å²) < 4.78 is 0. The largest absolute Gasteiger partial charge is 0.310 e. The van der Waals surface area contributed by atoms with E-state index in [0.717, 1.165) is 12.1 Å². The van der Waals surface area contributed by atoms with Gasteiger partial charge >= 0.3 is 0 Å². The van der Waals surface area contributed by atoms with E-state index in [9.17, 15) is 4.79 Å². The summed E-state index contributed by atoms with van der Waals surface area (Å²) in [5, 5.41) is 3.23. The number of Topliss-reactive ketones (excluding diaryl/α,β-unsaturated/α-hetero) is 1. The molecule has 0 amide bonds. The Morgan fingerprint density at radius 2 is 1.67 bits per heavy atom. The Balaban J connectivity index is 2.00. The number of hydrogen-bond donors (Lipinski definition) is 1. The molecule has 0 heterocycles. The number of unbranched alkanes of at least 4 members (excludes halogenated alkanes) is 5. The number of ketones is 1. The van der Waals surface area contributed by atoms with Crippen molar-refractivity contribution in [1.29, 1.82) is 0 Å². The van der Waals surface area contributed by atoms with Gasteiger partial charge in [-0.3, -0.25) is 4.79 Å². The molecule has 1 aromatic rings. The number of rotatable bonds is 10. The molecule has 0 atom stereocenters. The van der Waals surface area contributed by atoms with Gasteiger partial charge in [0.2, 0.25) is 0 Å². The van der Waals surface area contributed by atoms with Gasteiger partial charge in [0.05, 0.1) is 6.54 Å². The molecule has 1 aromatic carbocycles. The average Bonchev–Trinajstić information content (AvgIpc) is 2.42. The Morgan fingerprint density at radius 3 is 2.39 bits per heavy atom. The van der Waals surface area contributed by atoms with Crippen LogP contribution in [0.4, 0.5) is 0 Å². The van der Waals surface area contributed by atoms with E-state index in [1.807, 2.05) is 30.3 Å². The number of benzene rings is 1. The summed E-state index contributed by atoms with van der Waals surface area (Å²) >= 11 is 0. The summed E-state index contributed by atoms with van der Waals surface area (Å²) in [7, 11) is 0. The maximum Gasteiger partial charge on any atom is 0.176 e. The number of carbonyl (C=O) groups is 1. The van der Waals surface area contributed by atoms with Gasteiger partial charge < -0.3 is 5.32 Å². The summed E-state index contributed by atoms with van der Waals surface area (Å²) in [5.41, 5.74) is 0.799. The highest BCUT2D eigenvalue weighted by Crippen LogP contribution is 2.04. The molecule has 0 unspecified atom stereocenters. The second-order valence-electron chi connectivity index (χ2n) is 4.73. The smallest absolute Gasteiger partial charge is 0.176 e. The van der Waals surface area contributed by atoms with E-state index < -0.39 is 0 Å². The van der Waals surface area contributed by atoms with Gasteiger partial charge in [-0.25, -0.2) is 0 Å². The topological polar surface area (TPSA) is 29.1 Å². The molecule has 2 heteroatoms. The highest BCUT2D eigenvalue weighted by Gasteiger charge is 2.03. The lowest BCUT2D eigenvalue weighted by atomic mass is 10.1. The summed E-state index contributed by atoms with van der Waals surface area (Å²) in [6.45, 7) is 3.64. The van der Waals surface area contributed by atoms with Gasteiger partial charge in [-0.1, -0.05) is 69.4 Å². The van der Waals surface area contributed by atoms with Crippen molar-refractivity contribution in [1.82, 2.24) is 5.32 Å². The molecule has 0 aliphatic carbocycles. The van der Waals surface area contributed by atoms with Gasteiger partial charge in [0.15, 0.2) is 5.78 Å². The van der Waals surface area contributed by atoms with Crippen LogP contribution >= 0.6 is 0 Å². The molecule has 0 saturated carbocycles. The van der Waals surface area contributed by atoms with Crippen LogP contribution in [0.5, 0.6) is 0 Å².